The van der Waals surface area contributed by atoms with Crippen molar-refractivity contribution in [3.8, 4) is 0 Å². The Balaban J connectivity index is 1.82. The highest BCUT2D eigenvalue weighted by Crippen LogP contribution is 2.34. The molecular formula is C21H20Cl2N2O5S. The zero-order valence-electron chi connectivity index (χ0n) is 16.6. The van der Waals surface area contributed by atoms with E-state index in [1.165, 1.54) is 12.1 Å². The normalized spacial score (nSPS) is 14.5. The first-order chi connectivity index (χ1) is 14.6. The Bertz CT molecular complexity index is 1150. The van der Waals surface area contributed by atoms with Crippen molar-refractivity contribution in [3.63, 3.8) is 0 Å². The standard InChI is InChI=1S/C21H20Cl2N2O5S/c1-31(29,30)16-4-2-3-13(8-16)7-15(11-26)24-21(28)19-18(22)9-14-10-25(12-27)6-5-17(14)20(19)23/h2-4,8-9,11-12,15H,5-7,10H2,1H3,(H,24,28). The van der Waals surface area contributed by atoms with Crippen LogP contribution in [0.5, 0.6) is 0 Å². The lowest BCUT2D eigenvalue weighted by molar-refractivity contribution is -0.118. The summed E-state index contributed by atoms with van der Waals surface area (Å²) in [5, 5.41) is 2.93. The van der Waals surface area contributed by atoms with Crippen LogP contribution in [-0.2, 0) is 38.8 Å². The Morgan fingerprint density at radius 2 is 2.00 bits per heavy atom. The lowest BCUT2D eigenvalue weighted by Crippen LogP contribution is -2.38. The fourth-order valence-corrected chi connectivity index (χ4v) is 4.96. The summed E-state index contributed by atoms with van der Waals surface area (Å²) in [4.78, 5) is 37.2. The molecule has 1 N–H and O–H groups in total. The zero-order valence-corrected chi connectivity index (χ0v) is 18.9. The largest absolute Gasteiger partial charge is 0.342 e. The van der Waals surface area contributed by atoms with E-state index in [0.717, 1.165) is 23.8 Å². The Morgan fingerprint density at radius 3 is 2.65 bits per heavy atom. The second kappa shape index (κ2) is 9.38. The number of nitrogens with one attached hydrogen (secondary N) is 1. The van der Waals surface area contributed by atoms with E-state index >= 15 is 0 Å². The number of aldehydes is 1. The highest BCUT2D eigenvalue weighted by atomic mass is 35.5. The third-order valence-electron chi connectivity index (χ3n) is 5.07. The molecule has 1 heterocycles. The quantitative estimate of drug-likeness (QED) is 0.610. The molecule has 0 saturated heterocycles. The summed E-state index contributed by atoms with van der Waals surface area (Å²) >= 11 is 12.8. The van der Waals surface area contributed by atoms with Crippen molar-refractivity contribution in [3.05, 3.63) is 62.6 Å². The molecule has 1 atom stereocenters. The molecular weight excluding hydrogens is 463 g/mol. The fraction of sp³-hybridized carbons (Fsp3) is 0.286. The summed E-state index contributed by atoms with van der Waals surface area (Å²) in [5.74, 6) is -0.605. The lowest BCUT2D eigenvalue weighted by atomic mass is 9.96. The molecule has 2 aromatic rings. The van der Waals surface area contributed by atoms with Crippen LogP contribution in [0.3, 0.4) is 0 Å². The van der Waals surface area contributed by atoms with Crippen LogP contribution in [0, 0.1) is 0 Å². The highest BCUT2D eigenvalue weighted by Gasteiger charge is 2.26. The van der Waals surface area contributed by atoms with Crippen molar-refractivity contribution in [1.82, 2.24) is 10.2 Å². The Kier molecular flexibility index (Phi) is 7.03. The van der Waals surface area contributed by atoms with Crippen LogP contribution in [0.15, 0.2) is 35.2 Å². The molecule has 0 aromatic heterocycles. The van der Waals surface area contributed by atoms with Crippen molar-refractivity contribution in [2.24, 2.45) is 0 Å². The maximum atomic E-state index is 12.9. The van der Waals surface area contributed by atoms with Gasteiger partial charge in [0.1, 0.15) is 6.29 Å². The molecule has 1 unspecified atom stereocenters. The average Bonchev–Trinajstić information content (AvgIpc) is 2.72. The van der Waals surface area contributed by atoms with E-state index in [-0.39, 0.29) is 26.9 Å². The second-order valence-corrected chi connectivity index (χ2v) is 10.2. The summed E-state index contributed by atoms with van der Waals surface area (Å²) in [6, 6.07) is 6.89. The van der Waals surface area contributed by atoms with Crippen LogP contribution in [0.2, 0.25) is 10.0 Å². The first kappa shape index (κ1) is 23.2. The Morgan fingerprint density at radius 1 is 1.26 bits per heavy atom. The van der Waals surface area contributed by atoms with Crippen LogP contribution in [-0.4, -0.2) is 50.8 Å². The zero-order chi connectivity index (χ0) is 22.8. The van der Waals surface area contributed by atoms with Gasteiger partial charge in [0.15, 0.2) is 9.84 Å². The van der Waals surface area contributed by atoms with Gasteiger partial charge in [-0.25, -0.2) is 8.42 Å². The van der Waals surface area contributed by atoms with Crippen molar-refractivity contribution < 1.29 is 22.8 Å². The number of sulfone groups is 1. The Hall–Kier alpha value is -2.42. The van der Waals surface area contributed by atoms with Gasteiger partial charge in [-0.15, -0.1) is 0 Å². The van der Waals surface area contributed by atoms with Gasteiger partial charge in [0.25, 0.3) is 5.91 Å². The molecule has 1 aliphatic rings. The predicted molar refractivity (Wildman–Crippen MR) is 117 cm³/mol. The summed E-state index contributed by atoms with van der Waals surface area (Å²) < 4.78 is 23.5. The lowest BCUT2D eigenvalue weighted by Gasteiger charge is -2.27. The number of nitrogens with zero attached hydrogens (tertiary/aromatic N) is 1. The third kappa shape index (κ3) is 5.26. The molecule has 0 saturated carbocycles. The van der Waals surface area contributed by atoms with Gasteiger partial charge < -0.3 is 15.0 Å². The van der Waals surface area contributed by atoms with Crippen LogP contribution in [0.1, 0.15) is 27.0 Å². The van der Waals surface area contributed by atoms with E-state index in [2.05, 4.69) is 5.32 Å². The van der Waals surface area contributed by atoms with E-state index in [9.17, 15) is 22.8 Å². The molecule has 0 bridgehead atoms. The topological polar surface area (TPSA) is 101 Å². The number of carbonyl (C=O) groups is 3. The minimum absolute atomic E-state index is 0.0679. The van der Waals surface area contributed by atoms with E-state index in [4.69, 9.17) is 23.2 Å². The number of benzene rings is 2. The summed E-state index contributed by atoms with van der Waals surface area (Å²) in [5.41, 5.74) is 2.17. The smallest absolute Gasteiger partial charge is 0.254 e. The first-order valence-electron chi connectivity index (χ1n) is 9.38. The van der Waals surface area contributed by atoms with Gasteiger partial charge in [-0.05, 0) is 47.7 Å². The molecule has 0 spiro atoms. The van der Waals surface area contributed by atoms with Gasteiger partial charge in [-0.1, -0.05) is 35.3 Å². The highest BCUT2D eigenvalue weighted by molar-refractivity contribution is 7.90. The maximum Gasteiger partial charge on any atom is 0.254 e. The van der Waals surface area contributed by atoms with Gasteiger partial charge in [0.2, 0.25) is 6.41 Å². The fourth-order valence-electron chi connectivity index (χ4n) is 3.50. The number of carbonyl (C=O) groups excluding carboxylic acids is 3. The van der Waals surface area contributed by atoms with Crippen molar-refractivity contribution in [2.45, 2.75) is 30.3 Å². The summed E-state index contributed by atoms with van der Waals surface area (Å²) in [6.07, 6.45) is 3.01. The molecule has 10 heteroatoms. The molecule has 0 radical (unpaired) electrons. The first-order valence-corrected chi connectivity index (χ1v) is 12.0. The summed E-state index contributed by atoms with van der Waals surface area (Å²) in [7, 11) is -3.40. The number of hydrogen-bond acceptors (Lipinski definition) is 5. The van der Waals surface area contributed by atoms with Crippen molar-refractivity contribution in [1.29, 1.82) is 0 Å². The third-order valence-corrected chi connectivity index (χ3v) is 6.90. The molecule has 2 aromatic carbocycles. The number of fused-ring (bicyclic) bond motifs is 1. The van der Waals surface area contributed by atoms with Gasteiger partial charge >= 0.3 is 0 Å². The Labute approximate surface area is 190 Å². The summed E-state index contributed by atoms with van der Waals surface area (Å²) in [6.45, 7) is 0.834. The number of rotatable bonds is 7. The molecule has 2 amide bonds. The van der Waals surface area contributed by atoms with Gasteiger partial charge in [0.05, 0.1) is 26.5 Å². The van der Waals surface area contributed by atoms with Crippen LogP contribution in [0.4, 0.5) is 0 Å². The maximum absolute atomic E-state index is 12.9. The monoisotopic (exact) mass is 482 g/mol. The van der Waals surface area contributed by atoms with Crippen molar-refractivity contribution in [2.75, 3.05) is 12.8 Å². The van der Waals surface area contributed by atoms with E-state index in [1.807, 2.05) is 0 Å². The molecule has 31 heavy (non-hydrogen) atoms. The van der Waals surface area contributed by atoms with Crippen molar-refractivity contribution >= 4 is 51.6 Å². The number of hydrogen-bond donors (Lipinski definition) is 1. The number of halogens is 2. The molecule has 0 fully saturated rings. The molecule has 3 rings (SSSR count). The van der Waals surface area contributed by atoms with E-state index in [1.54, 1.807) is 23.1 Å². The second-order valence-electron chi connectivity index (χ2n) is 7.35. The van der Waals surface area contributed by atoms with Crippen LogP contribution >= 0.6 is 23.2 Å². The molecule has 164 valence electrons. The van der Waals surface area contributed by atoms with Crippen LogP contribution < -0.4 is 5.32 Å². The van der Waals surface area contributed by atoms with E-state index < -0.39 is 21.8 Å². The average molecular weight is 483 g/mol. The molecule has 7 nitrogen and oxygen atoms in total. The minimum atomic E-state index is -3.40. The van der Waals surface area contributed by atoms with Gasteiger partial charge in [-0.2, -0.15) is 0 Å². The van der Waals surface area contributed by atoms with Gasteiger partial charge in [0, 0.05) is 19.3 Å². The minimum Gasteiger partial charge on any atom is -0.342 e. The SMILES string of the molecule is CS(=O)(=O)c1cccc(CC(C=O)NC(=O)c2c(Cl)cc3c(c2Cl)CCN(C=O)C3)c1. The number of amides is 2. The molecule has 0 aliphatic carbocycles. The molecule has 1 aliphatic heterocycles. The van der Waals surface area contributed by atoms with E-state index in [0.29, 0.717) is 31.4 Å². The van der Waals surface area contributed by atoms with Crippen LogP contribution in [0.25, 0.3) is 0 Å². The van der Waals surface area contributed by atoms with Gasteiger partial charge in [-0.3, -0.25) is 9.59 Å². The predicted octanol–water partition coefficient (Wildman–Crippen LogP) is 2.45.